The number of nitrogens with zero attached hydrogens (tertiary/aromatic N) is 3. The highest BCUT2D eigenvalue weighted by atomic mass is 19.4. The molecule has 0 saturated heterocycles. The monoisotopic (exact) mass is 559 g/mol. The second-order valence-corrected chi connectivity index (χ2v) is 9.33. The average molecular weight is 560 g/mol. The number of rotatable bonds is 6. The number of ether oxygens (including phenoxy) is 2. The van der Waals surface area contributed by atoms with Crippen LogP contribution in [0.3, 0.4) is 0 Å². The van der Waals surface area contributed by atoms with E-state index in [1.165, 1.54) is 12.0 Å². The number of nitrogens with one attached hydrogen (secondary N) is 1. The minimum atomic E-state index is -4.32. The number of alkyl halides is 3. The zero-order valence-electron chi connectivity index (χ0n) is 23.0. The molecule has 3 N–H and O–H groups in total. The first-order chi connectivity index (χ1) is 19.1. The Labute approximate surface area is 232 Å². The summed E-state index contributed by atoms with van der Waals surface area (Å²) in [6.07, 6.45) is 5.44. The summed E-state index contributed by atoms with van der Waals surface area (Å²) in [6, 6.07) is 1.91. The number of aromatic nitrogens is 2. The number of methoxy groups -OCH3 is 1. The molecule has 2 amide bonds. The number of carbonyl (C=O) groups excluding carboxylic acids is 1. The summed E-state index contributed by atoms with van der Waals surface area (Å²) in [5.74, 6) is 0.695. The van der Waals surface area contributed by atoms with Gasteiger partial charge >= 0.3 is 12.2 Å². The van der Waals surface area contributed by atoms with E-state index in [0.29, 0.717) is 46.9 Å². The molecule has 3 rings (SSSR count). The molecule has 3 heterocycles. The molecule has 8 nitrogen and oxygen atoms in total. The predicted molar refractivity (Wildman–Crippen MR) is 150 cm³/mol. The van der Waals surface area contributed by atoms with E-state index < -0.39 is 30.7 Å². The Bertz CT molecular complexity index is 1250. The van der Waals surface area contributed by atoms with Crippen LogP contribution in [0.4, 0.5) is 23.7 Å². The van der Waals surface area contributed by atoms with Crippen molar-refractivity contribution in [3.05, 3.63) is 60.5 Å². The van der Waals surface area contributed by atoms with Gasteiger partial charge in [0.1, 0.15) is 11.4 Å². The first-order valence-electron chi connectivity index (χ1n) is 13.1. The van der Waals surface area contributed by atoms with Gasteiger partial charge in [-0.25, -0.2) is 9.78 Å². The van der Waals surface area contributed by atoms with E-state index in [1.54, 1.807) is 55.6 Å². The first kappa shape index (κ1) is 30.5. The SMILES string of the molecule is C=C/C=C\c1cc2nc(c1N)OCC/C=C/CC(CCC(F)(F)F)NC(=O)N(CC)C(C)c1cc-2c(OC)cn1. The minimum absolute atomic E-state index is 0.236. The highest BCUT2D eigenvalue weighted by Gasteiger charge is 2.30. The van der Waals surface area contributed by atoms with Crippen LogP contribution in [0.15, 0.2) is 49.2 Å². The largest absolute Gasteiger partial charge is 0.494 e. The van der Waals surface area contributed by atoms with Crippen molar-refractivity contribution < 1.29 is 27.4 Å². The lowest BCUT2D eigenvalue weighted by Crippen LogP contribution is -2.46. The number of allylic oxidation sites excluding steroid dienone is 2. The Morgan fingerprint density at radius 3 is 2.77 bits per heavy atom. The average Bonchev–Trinajstić information content (AvgIpc) is 2.92. The molecule has 2 aromatic heterocycles. The molecule has 216 valence electrons. The summed E-state index contributed by atoms with van der Waals surface area (Å²) in [4.78, 5) is 24.0. The highest BCUT2D eigenvalue weighted by Crippen LogP contribution is 2.36. The van der Waals surface area contributed by atoms with Crippen molar-refractivity contribution in [2.45, 2.75) is 57.8 Å². The summed E-state index contributed by atoms with van der Waals surface area (Å²) in [5, 5.41) is 2.79. The van der Waals surface area contributed by atoms with Gasteiger partial charge in [-0.1, -0.05) is 37.0 Å². The van der Waals surface area contributed by atoms with E-state index in [-0.39, 0.29) is 25.3 Å². The van der Waals surface area contributed by atoms with Crippen LogP contribution >= 0.6 is 0 Å². The lowest BCUT2D eigenvalue weighted by molar-refractivity contribution is -0.136. The Morgan fingerprint density at radius 2 is 2.10 bits per heavy atom. The van der Waals surface area contributed by atoms with Crippen LogP contribution in [-0.2, 0) is 0 Å². The Kier molecular flexibility index (Phi) is 10.6. The number of hydrogen-bond acceptors (Lipinski definition) is 6. The molecule has 0 aromatic carbocycles. The van der Waals surface area contributed by atoms with Gasteiger partial charge in [-0.3, -0.25) is 4.98 Å². The number of nitrogen functional groups attached to an aromatic ring is 1. The van der Waals surface area contributed by atoms with Crippen molar-refractivity contribution in [2.75, 3.05) is 26.0 Å². The molecule has 4 bridgehead atoms. The fourth-order valence-corrected chi connectivity index (χ4v) is 4.36. The smallest absolute Gasteiger partial charge is 0.389 e. The highest BCUT2D eigenvalue weighted by molar-refractivity contribution is 5.78. The second kappa shape index (κ2) is 13.9. The van der Waals surface area contributed by atoms with Crippen LogP contribution in [0, 0.1) is 0 Å². The molecule has 2 unspecified atom stereocenters. The van der Waals surface area contributed by atoms with Crippen LogP contribution in [0.5, 0.6) is 11.6 Å². The van der Waals surface area contributed by atoms with Crippen LogP contribution in [0.2, 0.25) is 0 Å². The standard InChI is InChI=1S/C29H36F3N5O3/c1-5-7-11-20-16-24-22-17-23(34-18-25(22)39-4)19(3)37(6-2)28(38)35-21(13-14-29(30,31)32)12-9-8-10-15-40-27(36-24)26(20)33/h5,7-9,11,16-19,21H,1,6,10,12-15,33H2,2-4H3,(H,35,38)/b9-8+,11-7-. The molecule has 1 aliphatic rings. The van der Waals surface area contributed by atoms with Crippen molar-refractivity contribution in [2.24, 2.45) is 0 Å². The van der Waals surface area contributed by atoms with Gasteiger partial charge < -0.3 is 25.4 Å². The molecule has 40 heavy (non-hydrogen) atoms. The zero-order valence-corrected chi connectivity index (χ0v) is 23.0. The molecule has 0 fully saturated rings. The third-order valence-electron chi connectivity index (χ3n) is 6.56. The molecular weight excluding hydrogens is 523 g/mol. The maximum atomic E-state index is 13.3. The number of anilines is 1. The Morgan fingerprint density at radius 1 is 1.32 bits per heavy atom. The number of urea groups is 1. The van der Waals surface area contributed by atoms with Crippen LogP contribution in [-0.4, -0.2) is 53.4 Å². The molecular formula is C29H36F3N5O3. The fraction of sp³-hybridized carbons (Fsp3) is 0.414. The molecule has 2 aromatic rings. The maximum Gasteiger partial charge on any atom is 0.389 e. The lowest BCUT2D eigenvalue weighted by atomic mass is 10.0. The number of amides is 2. The molecule has 0 saturated carbocycles. The van der Waals surface area contributed by atoms with Crippen molar-refractivity contribution in [1.82, 2.24) is 20.2 Å². The Balaban J connectivity index is 2.10. The number of fused-ring (bicyclic) bond motifs is 5. The Hall–Kier alpha value is -4.02. The molecule has 2 atom stereocenters. The van der Waals surface area contributed by atoms with Crippen LogP contribution in [0.25, 0.3) is 17.3 Å². The molecule has 11 heteroatoms. The van der Waals surface area contributed by atoms with E-state index in [1.807, 2.05) is 6.92 Å². The summed E-state index contributed by atoms with van der Waals surface area (Å²) in [5.41, 5.74) is 9.08. The molecule has 1 aliphatic heterocycles. The summed E-state index contributed by atoms with van der Waals surface area (Å²) in [6.45, 7) is 7.87. The first-order valence-corrected chi connectivity index (χ1v) is 13.1. The second-order valence-electron chi connectivity index (χ2n) is 9.33. The number of carbonyl (C=O) groups is 1. The number of hydrogen-bond donors (Lipinski definition) is 2. The third kappa shape index (κ3) is 8.00. The van der Waals surface area contributed by atoms with Gasteiger partial charge in [-0.2, -0.15) is 13.2 Å². The van der Waals surface area contributed by atoms with E-state index in [9.17, 15) is 18.0 Å². The number of halogens is 3. The summed E-state index contributed by atoms with van der Waals surface area (Å²) < 4.78 is 50.4. The summed E-state index contributed by atoms with van der Waals surface area (Å²) in [7, 11) is 1.52. The van der Waals surface area contributed by atoms with Crippen LogP contribution < -0.4 is 20.5 Å². The normalized spacial score (nSPS) is 19.4. The van der Waals surface area contributed by atoms with Gasteiger partial charge in [-0.05, 0) is 45.2 Å². The number of nitrogens with two attached hydrogens (primary N) is 1. The number of pyridine rings is 2. The van der Waals surface area contributed by atoms with E-state index >= 15 is 0 Å². The maximum absolute atomic E-state index is 13.3. The quantitative estimate of drug-likeness (QED) is 0.311. The van der Waals surface area contributed by atoms with Crippen molar-refractivity contribution in [1.29, 1.82) is 0 Å². The van der Waals surface area contributed by atoms with Gasteiger partial charge in [0.25, 0.3) is 0 Å². The molecule has 0 spiro atoms. The topological polar surface area (TPSA) is 103 Å². The lowest BCUT2D eigenvalue weighted by Gasteiger charge is -2.30. The molecule has 0 aliphatic carbocycles. The van der Waals surface area contributed by atoms with E-state index in [2.05, 4.69) is 21.9 Å². The third-order valence-corrected chi connectivity index (χ3v) is 6.56. The zero-order chi connectivity index (χ0) is 29.3. The predicted octanol–water partition coefficient (Wildman–Crippen LogP) is 6.47. The van der Waals surface area contributed by atoms with Crippen molar-refractivity contribution >= 4 is 17.8 Å². The molecule has 0 radical (unpaired) electrons. The van der Waals surface area contributed by atoms with Gasteiger partial charge in [0.15, 0.2) is 0 Å². The minimum Gasteiger partial charge on any atom is -0.494 e. The van der Waals surface area contributed by atoms with Gasteiger partial charge in [0.2, 0.25) is 5.88 Å². The van der Waals surface area contributed by atoms with Crippen molar-refractivity contribution in [3.63, 3.8) is 0 Å². The van der Waals surface area contributed by atoms with Gasteiger partial charge in [0.05, 0.1) is 37.3 Å². The van der Waals surface area contributed by atoms with Gasteiger partial charge in [0, 0.05) is 30.1 Å². The van der Waals surface area contributed by atoms with E-state index in [4.69, 9.17) is 15.2 Å². The van der Waals surface area contributed by atoms with E-state index in [0.717, 1.165) is 0 Å². The van der Waals surface area contributed by atoms with Gasteiger partial charge in [-0.15, -0.1) is 0 Å². The van der Waals surface area contributed by atoms with Crippen LogP contribution in [0.1, 0.15) is 56.8 Å². The fourth-order valence-electron chi connectivity index (χ4n) is 4.36. The summed E-state index contributed by atoms with van der Waals surface area (Å²) >= 11 is 0. The van der Waals surface area contributed by atoms with Crippen molar-refractivity contribution in [3.8, 4) is 22.9 Å².